The Kier molecular flexibility index (Phi) is 8.20. The summed E-state index contributed by atoms with van der Waals surface area (Å²) >= 11 is 0. The minimum Gasteiger partial charge on any atom is -0.493 e. The first-order valence-electron chi connectivity index (χ1n) is 7.61. The molecule has 0 heterocycles. The average Bonchev–Trinajstić information content (AvgIpc) is 2.56. The number of hydrogen-bond donors (Lipinski definition) is 3. The molecule has 0 aromatic heterocycles. The first-order chi connectivity index (χ1) is 11.1. The van der Waals surface area contributed by atoms with Gasteiger partial charge in [-0.15, -0.1) is 0 Å². The number of carbonyl (C=O) groups is 3. The quantitative estimate of drug-likeness (QED) is 0.615. The lowest BCUT2D eigenvalue weighted by molar-refractivity contribution is -0.125. The van der Waals surface area contributed by atoms with E-state index in [2.05, 4.69) is 16.0 Å². The van der Waals surface area contributed by atoms with Gasteiger partial charge in [-0.3, -0.25) is 14.4 Å². The summed E-state index contributed by atoms with van der Waals surface area (Å²) < 4.78 is 5.37. The van der Waals surface area contributed by atoms with Crippen LogP contribution < -0.4 is 20.7 Å². The fraction of sp³-hybridized carbons (Fsp3) is 0.438. The van der Waals surface area contributed by atoms with E-state index < -0.39 is 11.8 Å². The van der Waals surface area contributed by atoms with Gasteiger partial charge in [-0.05, 0) is 25.5 Å². The molecule has 0 atom stereocenters. The highest BCUT2D eigenvalue weighted by atomic mass is 16.5. The normalized spacial score (nSPS) is 9.83. The van der Waals surface area contributed by atoms with Crippen molar-refractivity contribution in [1.82, 2.24) is 16.0 Å². The molecule has 126 valence electrons. The van der Waals surface area contributed by atoms with Gasteiger partial charge in [-0.1, -0.05) is 19.1 Å². The van der Waals surface area contributed by atoms with Crippen molar-refractivity contribution in [3.8, 4) is 5.75 Å². The molecule has 0 unspecified atom stereocenters. The lowest BCUT2D eigenvalue weighted by Gasteiger charge is -2.10. The van der Waals surface area contributed by atoms with Crippen molar-refractivity contribution < 1.29 is 19.1 Å². The van der Waals surface area contributed by atoms with E-state index in [0.29, 0.717) is 24.5 Å². The van der Waals surface area contributed by atoms with Crippen molar-refractivity contribution in [3.63, 3.8) is 0 Å². The number of benzene rings is 1. The fourth-order valence-corrected chi connectivity index (χ4v) is 1.76. The molecular formula is C16H23N3O4. The third kappa shape index (κ3) is 6.82. The summed E-state index contributed by atoms with van der Waals surface area (Å²) in [5.41, 5.74) is 0.364. The molecule has 3 N–H and O–H groups in total. The van der Waals surface area contributed by atoms with E-state index in [1.54, 1.807) is 24.3 Å². The van der Waals surface area contributed by atoms with E-state index in [9.17, 15) is 14.4 Å². The van der Waals surface area contributed by atoms with Crippen molar-refractivity contribution >= 4 is 17.7 Å². The minimum atomic E-state index is -0.432. The molecule has 3 amide bonds. The van der Waals surface area contributed by atoms with Crippen molar-refractivity contribution in [3.05, 3.63) is 29.8 Å². The summed E-state index contributed by atoms with van der Waals surface area (Å²) in [6.45, 7) is 4.46. The van der Waals surface area contributed by atoms with Crippen LogP contribution in [-0.4, -0.2) is 44.0 Å². The predicted octanol–water partition coefficient (Wildman–Crippen LogP) is 0.458. The molecule has 7 nitrogen and oxygen atoms in total. The number of nitrogens with one attached hydrogen (secondary N) is 3. The van der Waals surface area contributed by atoms with Crippen LogP contribution in [0.15, 0.2) is 24.3 Å². The second-order valence-electron chi connectivity index (χ2n) is 4.74. The predicted molar refractivity (Wildman–Crippen MR) is 86.3 cm³/mol. The number of ether oxygens (including phenoxy) is 1. The van der Waals surface area contributed by atoms with Gasteiger partial charge in [0.25, 0.3) is 5.91 Å². The van der Waals surface area contributed by atoms with Gasteiger partial charge in [-0.25, -0.2) is 0 Å². The van der Waals surface area contributed by atoms with Gasteiger partial charge >= 0.3 is 0 Å². The molecule has 0 radical (unpaired) electrons. The van der Waals surface area contributed by atoms with Crippen LogP contribution in [0.4, 0.5) is 0 Å². The zero-order valence-electron chi connectivity index (χ0n) is 13.5. The summed E-state index contributed by atoms with van der Waals surface area (Å²) in [6, 6.07) is 6.80. The van der Waals surface area contributed by atoms with Gasteiger partial charge in [0, 0.05) is 6.54 Å². The summed E-state index contributed by atoms with van der Waals surface area (Å²) in [5.74, 6) is -0.626. The maximum absolute atomic E-state index is 12.1. The van der Waals surface area contributed by atoms with E-state index in [4.69, 9.17) is 4.74 Å². The Labute approximate surface area is 135 Å². The molecular weight excluding hydrogens is 298 g/mol. The molecule has 1 aromatic carbocycles. The van der Waals surface area contributed by atoms with Crippen LogP contribution in [0.2, 0.25) is 0 Å². The Balaban J connectivity index is 2.41. The number of carbonyl (C=O) groups excluding carboxylic acids is 3. The van der Waals surface area contributed by atoms with E-state index >= 15 is 0 Å². The number of amides is 3. The SMILES string of the molecule is CCCNC(=O)CNC(=O)CNC(=O)c1ccccc1OCC. The van der Waals surface area contributed by atoms with Crippen LogP contribution in [0.3, 0.4) is 0 Å². The molecule has 1 rings (SSSR count). The molecule has 23 heavy (non-hydrogen) atoms. The smallest absolute Gasteiger partial charge is 0.255 e. The lowest BCUT2D eigenvalue weighted by atomic mass is 10.2. The Morgan fingerprint density at radius 3 is 2.30 bits per heavy atom. The molecule has 0 saturated carbocycles. The maximum Gasteiger partial charge on any atom is 0.255 e. The number of para-hydroxylation sites is 1. The first-order valence-corrected chi connectivity index (χ1v) is 7.61. The highest BCUT2D eigenvalue weighted by molar-refractivity contribution is 5.99. The highest BCUT2D eigenvalue weighted by Crippen LogP contribution is 2.17. The van der Waals surface area contributed by atoms with Gasteiger partial charge in [0.1, 0.15) is 5.75 Å². The molecule has 0 spiro atoms. The molecule has 0 saturated heterocycles. The Morgan fingerprint density at radius 1 is 0.957 bits per heavy atom. The van der Waals surface area contributed by atoms with Crippen LogP contribution in [0.1, 0.15) is 30.6 Å². The fourth-order valence-electron chi connectivity index (χ4n) is 1.76. The highest BCUT2D eigenvalue weighted by Gasteiger charge is 2.13. The van der Waals surface area contributed by atoms with Crippen molar-refractivity contribution in [2.75, 3.05) is 26.2 Å². The first kappa shape index (κ1) is 18.5. The zero-order chi connectivity index (χ0) is 17.1. The molecule has 0 aliphatic heterocycles. The average molecular weight is 321 g/mol. The second-order valence-corrected chi connectivity index (χ2v) is 4.74. The Morgan fingerprint density at radius 2 is 1.61 bits per heavy atom. The summed E-state index contributed by atoms with van der Waals surface area (Å²) in [6.07, 6.45) is 0.828. The van der Waals surface area contributed by atoms with Gasteiger partial charge in [0.15, 0.2) is 0 Å². The third-order valence-corrected chi connectivity index (χ3v) is 2.86. The summed E-state index contributed by atoms with van der Waals surface area (Å²) in [5, 5.41) is 7.59. The molecule has 7 heteroatoms. The maximum atomic E-state index is 12.1. The Hall–Kier alpha value is -2.57. The largest absolute Gasteiger partial charge is 0.493 e. The van der Waals surface area contributed by atoms with E-state index in [1.807, 2.05) is 13.8 Å². The van der Waals surface area contributed by atoms with Crippen LogP contribution in [-0.2, 0) is 9.59 Å². The summed E-state index contributed by atoms with van der Waals surface area (Å²) in [4.78, 5) is 35.1. The zero-order valence-corrected chi connectivity index (χ0v) is 13.5. The van der Waals surface area contributed by atoms with Crippen LogP contribution in [0.25, 0.3) is 0 Å². The monoisotopic (exact) mass is 321 g/mol. The topological polar surface area (TPSA) is 96.5 Å². The molecule has 1 aromatic rings. The van der Waals surface area contributed by atoms with Crippen molar-refractivity contribution in [2.24, 2.45) is 0 Å². The van der Waals surface area contributed by atoms with Gasteiger partial charge < -0.3 is 20.7 Å². The lowest BCUT2D eigenvalue weighted by Crippen LogP contribution is -2.42. The van der Waals surface area contributed by atoms with Gasteiger partial charge in [-0.2, -0.15) is 0 Å². The summed E-state index contributed by atoms with van der Waals surface area (Å²) in [7, 11) is 0. The van der Waals surface area contributed by atoms with E-state index in [1.165, 1.54) is 0 Å². The van der Waals surface area contributed by atoms with Gasteiger partial charge in [0.05, 0.1) is 25.3 Å². The number of rotatable bonds is 9. The molecule has 0 aliphatic rings. The van der Waals surface area contributed by atoms with E-state index in [0.717, 1.165) is 6.42 Å². The van der Waals surface area contributed by atoms with E-state index in [-0.39, 0.29) is 19.0 Å². The standard InChI is InChI=1S/C16H23N3O4/c1-3-9-17-14(20)10-18-15(21)11-19-16(22)12-7-5-6-8-13(12)23-4-2/h5-8H,3-4,9-11H2,1-2H3,(H,17,20)(H,18,21)(H,19,22). The molecule has 0 aliphatic carbocycles. The van der Waals surface area contributed by atoms with Gasteiger partial charge in [0.2, 0.25) is 11.8 Å². The Bertz CT molecular complexity index is 546. The van der Waals surface area contributed by atoms with Crippen LogP contribution >= 0.6 is 0 Å². The molecule has 0 bridgehead atoms. The molecule has 0 fully saturated rings. The van der Waals surface area contributed by atoms with Crippen molar-refractivity contribution in [2.45, 2.75) is 20.3 Å². The second kappa shape index (κ2) is 10.2. The van der Waals surface area contributed by atoms with Crippen molar-refractivity contribution in [1.29, 1.82) is 0 Å². The van der Waals surface area contributed by atoms with Crippen LogP contribution in [0.5, 0.6) is 5.75 Å². The minimum absolute atomic E-state index is 0.107. The third-order valence-electron chi connectivity index (χ3n) is 2.86. The number of hydrogen-bond acceptors (Lipinski definition) is 4. The van der Waals surface area contributed by atoms with Crippen LogP contribution in [0, 0.1) is 0 Å².